The molecule has 2 heterocycles. The molecule has 19 heavy (non-hydrogen) atoms. The van der Waals surface area contributed by atoms with Gasteiger partial charge in [0.25, 0.3) is 0 Å². The summed E-state index contributed by atoms with van der Waals surface area (Å²) in [5, 5.41) is 0. The molecule has 2 aromatic rings. The van der Waals surface area contributed by atoms with Crippen molar-refractivity contribution >= 4 is 11.3 Å². The lowest BCUT2D eigenvalue weighted by atomic mass is 10.1. The average Bonchev–Trinajstić information content (AvgIpc) is 2.84. The molecule has 2 N–H and O–H groups in total. The lowest BCUT2D eigenvalue weighted by molar-refractivity contribution is 0.321. The number of hydrogen-bond acceptors (Lipinski definition) is 5. The van der Waals surface area contributed by atoms with Crippen LogP contribution in [0.2, 0.25) is 0 Å². The summed E-state index contributed by atoms with van der Waals surface area (Å²) in [6, 6.07) is 3.87. The highest BCUT2D eigenvalue weighted by Crippen LogP contribution is 2.16. The highest BCUT2D eigenvalue weighted by Gasteiger charge is 2.05. The van der Waals surface area contributed by atoms with E-state index in [1.165, 1.54) is 4.88 Å². The van der Waals surface area contributed by atoms with Gasteiger partial charge in [0.15, 0.2) is 0 Å². The molecule has 0 amide bonds. The van der Waals surface area contributed by atoms with Crippen LogP contribution in [0.25, 0.3) is 0 Å². The topological polar surface area (TPSA) is 61.0 Å². The lowest BCUT2D eigenvalue weighted by Crippen LogP contribution is -2.10. The number of nitrogens with zero attached hydrogens (tertiary/aromatic N) is 2. The van der Waals surface area contributed by atoms with Crippen molar-refractivity contribution in [2.75, 3.05) is 6.61 Å². The smallest absolute Gasteiger partial charge is 0.137 e. The molecular weight excluding hydrogens is 258 g/mol. The number of nitrogens with two attached hydrogens (primary N) is 1. The number of pyridine rings is 1. The molecule has 102 valence electrons. The van der Waals surface area contributed by atoms with E-state index in [1.807, 2.05) is 31.5 Å². The van der Waals surface area contributed by atoms with Crippen molar-refractivity contribution in [3.63, 3.8) is 0 Å². The molecule has 4 nitrogen and oxygen atoms in total. The van der Waals surface area contributed by atoms with Crippen LogP contribution in [0.4, 0.5) is 0 Å². The molecule has 0 fully saturated rings. The third-order valence-corrected chi connectivity index (χ3v) is 4.02. The van der Waals surface area contributed by atoms with E-state index in [-0.39, 0.29) is 6.04 Å². The van der Waals surface area contributed by atoms with Crippen LogP contribution in [0.3, 0.4) is 0 Å². The van der Waals surface area contributed by atoms with E-state index in [0.29, 0.717) is 6.61 Å². The van der Waals surface area contributed by atoms with E-state index in [0.717, 1.165) is 30.0 Å². The van der Waals surface area contributed by atoms with Gasteiger partial charge in [0.05, 0.1) is 29.7 Å². The molecule has 0 aromatic carbocycles. The monoisotopic (exact) mass is 277 g/mol. The van der Waals surface area contributed by atoms with E-state index in [1.54, 1.807) is 17.5 Å². The van der Waals surface area contributed by atoms with Gasteiger partial charge in [-0.15, -0.1) is 11.3 Å². The first-order chi connectivity index (χ1) is 9.20. The van der Waals surface area contributed by atoms with Crippen LogP contribution in [0.15, 0.2) is 23.8 Å². The van der Waals surface area contributed by atoms with Crippen molar-refractivity contribution in [1.82, 2.24) is 9.97 Å². The summed E-state index contributed by atoms with van der Waals surface area (Å²) in [4.78, 5) is 9.82. The highest BCUT2D eigenvalue weighted by atomic mass is 32.1. The SMILES string of the molecule is CC[C@H](N)c1ccc(OCCc2scnc2C)cn1. The fourth-order valence-electron chi connectivity index (χ4n) is 1.73. The van der Waals surface area contributed by atoms with Crippen LogP contribution in [0.5, 0.6) is 5.75 Å². The fourth-order valence-corrected chi connectivity index (χ4v) is 2.50. The first kappa shape index (κ1) is 14.0. The van der Waals surface area contributed by atoms with Crippen LogP contribution in [0.1, 0.15) is 35.7 Å². The lowest BCUT2D eigenvalue weighted by Gasteiger charge is -2.09. The highest BCUT2D eigenvalue weighted by molar-refractivity contribution is 7.09. The second-order valence-corrected chi connectivity index (χ2v) is 5.33. The van der Waals surface area contributed by atoms with Gasteiger partial charge in [0.1, 0.15) is 5.75 Å². The number of ether oxygens (including phenoxy) is 1. The van der Waals surface area contributed by atoms with Crippen molar-refractivity contribution in [3.05, 3.63) is 40.1 Å². The molecular formula is C14H19N3OS. The van der Waals surface area contributed by atoms with Crippen LogP contribution in [-0.2, 0) is 6.42 Å². The van der Waals surface area contributed by atoms with Gasteiger partial charge >= 0.3 is 0 Å². The number of aryl methyl sites for hydroxylation is 1. The molecule has 0 aliphatic carbocycles. The summed E-state index contributed by atoms with van der Waals surface area (Å²) >= 11 is 1.67. The molecule has 0 unspecified atom stereocenters. The molecule has 0 aliphatic rings. The van der Waals surface area contributed by atoms with Crippen molar-refractivity contribution in [2.24, 2.45) is 5.73 Å². The van der Waals surface area contributed by atoms with Gasteiger partial charge in [0.2, 0.25) is 0 Å². The minimum absolute atomic E-state index is 0.00823. The summed E-state index contributed by atoms with van der Waals surface area (Å²) in [7, 11) is 0. The summed E-state index contributed by atoms with van der Waals surface area (Å²) < 4.78 is 5.68. The Morgan fingerprint density at radius 1 is 1.37 bits per heavy atom. The zero-order valence-corrected chi connectivity index (χ0v) is 12.1. The summed E-state index contributed by atoms with van der Waals surface area (Å²) in [6.07, 6.45) is 3.51. The standard InChI is InChI=1S/C14H19N3OS/c1-3-12(15)13-5-4-11(8-16-13)18-7-6-14-10(2)17-9-19-14/h4-5,8-9,12H,3,6-7,15H2,1-2H3/t12-/m0/s1. The largest absolute Gasteiger partial charge is 0.492 e. The minimum atomic E-state index is 0.00823. The molecule has 5 heteroatoms. The van der Waals surface area contributed by atoms with Gasteiger partial charge in [0, 0.05) is 17.3 Å². The Morgan fingerprint density at radius 2 is 2.21 bits per heavy atom. The van der Waals surface area contributed by atoms with Crippen LogP contribution in [0, 0.1) is 6.92 Å². The van der Waals surface area contributed by atoms with E-state index >= 15 is 0 Å². The maximum atomic E-state index is 5.92. The van der Waals surface area contributed by atoms with Crippen molar-refractivity contribution < 1.29 is 4.74 Å². The molecule has 0 bridgehead atoms. The molecule has 0 saturated heterocycles. The van der Waals surface area contributed by atoms with Gasteiger partial charge in [-0.25, -0.2) is 4.98 Å². The summed E-state index contributed by atoms with van der Waals surface area (Å²) in [6.45, 7) is 4.71. The minimum Gasteiger partial charge on any atom is -0.492 e. The maximum Gasteiger partial charge on any atom is 0.137 e. The zero-order valence-electron chi connectivity index (χ0n) is 11.3. The predicted molar refractivity (Wildman–Crippen MR) is 77.5 cm³/mol. The Hall–Kier alpha value is -1.46. The van der Waals surface area contributed by atoms with Gasteiger partial charge < -0.3 is 10.5 Å². The first-order valence-corrected chi connectivity index (χ1v) is 7.32. The molecule has 1 atom stereocenters. The van der Waals surface area contributed by atoms with Gasteiger partial charge in [-0.3, -0.25) is 4.98 Å². The quantitative estimate of drug-likeness (QED) is 0.882. The average molecular weight is 277 g/mol. The van der Waals surface area contributed by atoms with Gasteiger partial charge in [-0.2, -0.15) is 0 Å². The Balaban J connectivity index is 1.85. The Morgan fingerprint density at radius 3 is 2.79 bits per heavy atom. The number of aromatic nitrogens is 2. The molecule has 2 rings (SSSR count). The third-order valence-electron chi connectivity index (χ3n) is 3.02. The van der Waals surface area contributed by atoms with E-state index in [9.17, 15) is 0 Å². The third kappa shape index (κ3) is 3.75. The molecule has 0 radical (unpaired) electrons. The van der Waals surface area contributed by atoms with E-state index in [2.05, 4.69) is 9.97 Å². The van der Waals surface area contributed by atoms with Crippen molar-refractivity contribution in [1.29, 1.82) is 0 Å². The van der Waals surface area contributed by atoms with Gasteiger partial charge in [-0.05, 0) is 25.5 Å². The van der Waals surface area contributed by atoms with E-state index in [4.69, 9.17) is 10.5 Å². The van der Waals surface area contributed by atoms with Crippen LogP contribution in [-0.4, -0.2) is 16.6 Å². The second-order valence-electron chi connectivity index (χ2n) is 4.39. The number of thiazole rings is 1. The molecule has 0 saturated carbocycles. The van der Waals surface area contributed by atoms with Gasteiger partial charge in [-0.1, -0.05) is 6.92 Å². The van der Waals surface area contributed by atoms with Crippen LogP contribution >= 0.6 is 11.3 Å². The van der Waals surface area contributed by atoms with Crippen molar-refractivity contribution in [3.8, 4) is 5.75 Å². The Bertz CT molecular complexity index is 510. The zero-order chi connectivity index (χ0) is 13.7. The fraction of sp³-hybridized carbons (Fsp3) is 0.429. The summed E-state index contributed by atoms with van der Waals surface area (Å²) in [5.74, 6) is 0.786. The van der Waals surface area contributed by atoms with Crippen LogP contribution < -0.4 is 10.5 Å². The predicted octanol–water partition coefficient (Wildman–Crippen LogP) is 2.88. The Kier molecular flexibility index (Phi) is 4.87. The summed E-state index contributed by atoms with van der Waals surface area (Å²) in [5.41, 5.74) is 9.79. The maximum absolute atomic E-state index is 5.92. The number of hydrogen-bond donors (Lipinski definition) is 1. The normalized spacial score (nSPS) is 12.4. The van der Waals surface area contributed by atoms with Crippen molar-refractivity contribution in [2.45, 2.75) is 32.7 Å². The molecule has 0 aliphatic heterocycles. The second kappa shape index (κ2) is 6.63. The van der Waals surface area contributed by atoms with E-state index < -0.39 is 0 Å². The molecule has 0 spiro atoms. The number of rotatable bonds is 6. The molecule has 2 aromatic heterocycles. The first-order valence-electron chi connectivity index (χ1n) is 6.44. The Labute approximate surface area is 117 Å².